The van der Waals surface area contributed by atoms with Gasteiger partial charge in [0, 0.05) is 42.0 Å². The van der Waals surface area contributed by atoms with Crippen molar-refractivity contribution in [2.75, 3.05) is 11.9 Å². The van der Waals surface area contributed by atoms with E-state index in [2.05, 4.69) is 33.5 Å². The van der Waals surface area contributed by atoms with Crippen LogP contribution in [-0.2, 0) is 6.42 Å². The van der Waals surface area contributed by atoms with Crippen molar-refractivity contribution in [3.63, 3.8) is 0 Å². The minimum absolute atomic E-state index is 0.411. The van der Waals surface area contributed by atoms with Crippen LogP contribution in [0.25, 0.3) is 0 Å². The summed E-state index contributed by atoms with van der Waals surface area (Å²) in [6.45, 7) is 5.07. The molecular formula is C10H14N4S2. The molecule has 2 rings (SSSR count). The highest BCUT2D eigenvalue weighted by atomic mass is 32.1. The Morgan fingerprint density at radius 2 is 2.38 bits per heavy atom. The lowest BCUT2D eigenvalue weighted by molar-refractivity contribution is 0.793. The Kier molecular flexibility index (Phi) is 3.84. The van der Waals surface area contributed by atoms with E-state index in [0.29, 0.717) is 5.92 Å². The minimum atomic E-state index is 0.411. The Labute approximate surface area is 103 Å². The highest BCUT2D eigenvalue weighted by molar-refractivity contribution is 7.10. The predicted octanol–water partition coefficient (Wildman–Crippen LogP) is 2.77. The van der Waals surface area contributed by atoms with Crippen LogP contribution in [0.1, 0.15) is 30.6 Å². The summed E-state index contributed by atoms with van der Waals surface area (Å²) >= 11 is 3.12. The molecule has 16 heavy (non-hydrogen) atoms. The van der Waals surface area contributed by atoms with Gasteiger partial charge in [-0.2, -0.15) is 4.37 Å². The molecule has 2 aromatic rings. The monoisotopic (exact) mass is 254 g/mol. The van der Waals surface area contributed by atoms with Gasteiger partial charge in [-0.25, -0.2) is 9.97 Å². The molecule has 86 valence electrons. The maximum absolute atomic E-state index is 4.36. The number of nitrogens with one attached hydrogen (secondary N) is 1. The van der Waals surface area contributed by atoms with Crippen LogP contribution in [0.2, 0.25) is 0 Å². The smallest absolute Gasteiger partial charge is 0.202 e. The molecule has 2 heterocycles. The van der Waals surface area contributed by atoms with Crippen molar-refractivity contribution < 1.29 is 0 Å². The van der Waals surface area contributed by atoms with Crippen LogP contribution in [0.5, 0.6) is 0 Å². The Morgan fingerprint density at radius 1 is 1.50 bits per heavy atom. The average Bonchev–Trinajstić information content (AvgIpc) is 2.96. The zero-order valence-corrected chi connectivity index (χ0v) is 10.9. The van der Waals surface area contributed by atoms with Gasteiger partial charge < -0.3 is 5.32 Å². The van der Waals surface area contributed by atoms with E-state index in [4.69, 9.17) is 0 Å². The fourth-order valence-electron chi connectivity index (χ4n) is 1.27. The van der Waals surface area contributed by atoms with E-state index >= 15 is 0 Å². The average molecular weight is 254 g/mol. The van der Waals surface area contributed by atoms with E-state index in [-0.39, 0.29) is 0 Å². The van der Waals surface area contributed by atoms with Gasteiger partial charge in [-0.1, -0.05) is 13.8 Å². The van der Waals surface area contributed by atoms with Gasteiger partial charge in [-0.15, -0.1) is 11.3 Å². The second kappa shape index (κ2) is 5.36. The second-order valence-electron chi connectivity index (χ2n) is 3.52. The topological polar surface area (TPSA) is 50.7 Å². The van der Waals surface area contributed by atoms with Crippen LogP contribution in [-0.4, -0.2) is 20.9 Å². The molecule has 0 aromatic carbocycles. The molecule has 1 unspecified atom stereocenters. The molecule has 0 bridgehead atoms. The molecule has 0 radical (unpaired) electrons. The SMILES string of the molecule is CCc1nsc(NCC(C)c2nccs2)n1. The Hall–Kier alpha value is -1.01. The highest BCUT2D eigenvalue weighted by Gasteiger charge is 2.09. The molecule has 6 heteroatoms. The van der Waals surface area contributed by atoms with Crippen molar-refractivity contribution in [2.24, 2.45) is 0 Å². The summed E-state index contributed by atoms with van der Waals surface area (Å²) < 4.78 is 4.23. The molecule has 0 saturated carbocycles. The summed E-state index contributed by atoms with van der Waals surface area (Å²) in [4.78, 5) is 8.66. The van der Waals surface area contributed by atoms with Gasteiger partial charge in [0.15, 0.2) is 0 Å². The van der Waals surface area contributed by atoms with Crippen molar-refractivity contribution in [1.29, 1.82) is 0 Å². The van der Waals surface area contributed by atoms with Gasteiger partial charge in [0.25, 0.3) is 0 Å². The molecule has 0 aliphatic rings. The van der Waals surface area contributed by atoms with E-state index in [9.17, 15) is 0 Å². The summed E-state index contributed by atoms with van der Waals surface area (Å²) in [5.74, 6) is 1.32. The van der Waals surface area contributed by atoms with Gasteiger partial charge in [0.2, 0.25) is 5.13 Å². The number of aryl methyl sites for hydroxylation is 1. The fourth-order valence-corrected chi connectivity index (χ4v) is 2.63. The van der Waals surface area contributed by atoms with Crippen LogP contribution in [0.3, 0.4) is 0 Å². The third-order valence-electron chi connectivity index (χ3n) is 2.22. The van der Waals surface area contributed by atoms with Gasteiger partial charge in [-0.3, -0.25) is 0 Å². The van der Waals surface area contributed by atoms with Crippen molar-refractivity contribution >= 4 is 28.0 Å². The normalized spacial score (nSPS) is 12.6. The quantitative estimate of drug-likeness (QED) is 0.891. The van der Waals surface area contributed by atoms with E-state index in [1.54, 1.807) is 11.3 Å². The van der Waals surface area contributed by atoms with Crippen molar-refractivity contribution in [1.82, 2.24) is 14.3 Å². The first-order valence-corrected chi connectivity index (χ1v) is 6.90. The molecule has 1 atom stereocenters. The fraction of sp³-hybridized carbons (Fsp3) is 0.500. The summed E-state index contributed by atoms with van der Waals surface area (Å²) in [5.41, 5.74) is 0. The highest BCUT2D eigenvalue weighted by Crippen LogP contribution is 2.19. The lowest BCUT2D eigenvalue weighted by atomic mass is 10.2. The maximum Gasteiger partial charge on any atom is 0.202 e. The molecule has 1 N–H and O–H groups in total. The van der Waals surface area contributed by atoms with E-state index in [1.165, 1.54) is 11.5 Å². The Balaban J connectivity index is 1.87. The lowest BCUT2D eigenvalue weighted by Crippen LogP contribution is -2.09. The van der Waals surface area contributed by atoms with Crippen LogP contribution >= 0.6 is 22.9 Å². The molecule has 0 amide bonds. The number of rotatable bonds is 5. The Bertz CT molecular complexity index is 424. The predicted molar refractivity (Wildman–Crippen MR) is 68.3 cm³/mol. The van der Waals surface area contributed by atoms with Gasteiger partial charge in [-0.05, 0) is 0 Å². The first-order chi connectivity index (χ1) is 7.79. The third kappa shape index (κ3) is 2.76. The maximum atomic E-state index is 4.36. The third-order valence-corrected chi connectivity index (χ3v) is 3.93. The Morgan fingerprint density at radius 3 is 3.00 bits per heavy atom. The molecule has 2 aromatic heterocycles. The van der Waals surface area contributed by atoms with Crippen LogP contribution in [0.4, 0.5) is 5.13 Å². The number of thiazole rings is 1. The zero-order valence-electron chi connectivity index (χ0n) is 9.30. The summed E-state index contributed by atoms with van der Waals surface area (Å²) in [6, 6.07) is 0. The second-order valence-corrected chi connectivity index (χ2v) is 5.20. The molecule has 4 nitrogen and oxygen atoms in total. The van der Waals surface area contributed by atoms with E-state index in [0.717, 1.165) is 28.9 Å². The molecule has 0 saturated heterocycles. The number of hydrogen-bond acceptors (Lipinski definition) is 6. The number of nitrogens with zero attached hydrogens (tertiary/aromatic N) is 3. The van der Waals surface area contributed by atoms with Gasteiger partial charge in [0.05, 0.1) is 5.01 Å². The molecule has 0 aliphatic carbocycles. The number of anilines is 1. The largest absolute Gasteiger partial charge is 0.360 e. The summed E-state index contributed by atoms with van der Waals surface area (Å²) in [7, 11) is 0. The van der Waals surface area contributed by atoms with Crippen molar-refractivity contribution in [3.8, 4) is 0 Å². The van der Waals surface area contributed by atoms with Gasteiger partial charge in [0.1, 0.15) is 5.82 Å². The minimum Gasteiger partial charge on any atom is -0.360 e. The number of hydrogen-bond donors (Lipinski definition) is 1. The van der Waals surface area contributed by atoms with Crippen LogP contribution in [0.15, 0.2) is 11.6 Å². The molecule has 0 fully saturated rings. The zero-order chi connectivity index (χ0) is 11.4. The molecule has 0 spiro atoms. The van der Waals surface area contributed by atoms with E-state index < -0.39 is 0 Å². The summed E-state index contributed by atoms with van der Waals surface area (Å²) in [6.07, 6.45) is 2.73. The standard InChI is InChI=1S/C10H14N4S2/c1-3-8-13-10(16-14-8)12-6-7(2)9-11-4-5-15-9/h4-5,7H,3,6H2,1-2H3,(H,12,13,14). The van der Waals surface area contributed by atoms with Crippen LogP contribution in [0, 0.1) is 0 Å². The van der Waals surface area contributed by atoms with E-state index in [1.807, 2.05) is 11.6 Å². The van der Waals surface area contributed by atoms with Crippen molar-refractivity contribution in [2.45, 2.75) is 26.2 Å². The first kappa shape index (κ1) is 11.5. The number of aromatic nitrogens is 3. The van der Waals surface area contributed by atoms with Crippen molar-refractivity contribution in [3.05, 3.63) is 22.4 Å². The van der Waals surface area contributed by atoms with Crippen LogP contribution < -0.4 is 5.32 Å². The molecular weight excluding hydrogens is 240 g/mol. The lowest BCUT2D eigenvalue weighted by Gasteiger charge is -2.07. The summed E-state index contributed by atoms with van der Waals surface area (Å²) in [5, 5.41) is 7.37. The molecule has 0 aliphatic heterocycles. The van der Waals surface area contributed by atoms with Gasteiger partial charge >= 0.3 is 0 Å². The first-order valence-electron chi connectivity index (χ1n) is 5.25.